The summed E-state index contributed by atoms with van der Waals surface area (Å²) in [5, 5.41) is 0. The summed E-state index contributed by atoms with van der Waals surface area (Å²) in [5.74, 6) is -2.13. The van der Waals surface area contributed by atoms with Crippen LogP contribution in [0.15, 0.2) is 179 Å². The minimum Gasteiger partial charge on any atom is -0.419 e. The fourth-order valence-electron chi connectivity index (χ4n) is 4.19. The summed E-state index contributed by atoms with van der Waals surface area (Å²) in [6.07, 6.45) is 0. The molecule has 54 heavy (non-hydrogen) atoms. The van der Waals surface area contributed by atoms with Crippen LogP contribution in [0.4, 0.5) is 25.2 Å². The van der Waals surface area contributed by atoms with Crippen LogP contribution in [0.2, 0.25) is 0 Å². The zero-order valence-corrected chi connectivity index (χ0v) is 32.4. The number of benzene rings is 5. The van der Waals surface area contributed by atoms with Crippen molar-refractivity contribution in [3.8, 4) is 28.7 Å². The van der Waals surface area contributed by atoms with Crippen LogP contribution in [0.25, 0.3) is 0 Å². The molecule has 0 fully saturated rings. The molecule has 6 atom stereocenters. The number of nitrogens with zero attached hydrogens (tertiary/aromatic N) is 6. The zero-order valence-electron chi connectivity index (χ0n) is 27.1. The molecule has 0 aliphatic carbocycles. The molecule has 0 amide bonds. The van der Waals surface area contributed by atoms with Crippen molar-refractivity contribution in [2.24, 2.45) is 27.1 Å². The molecule has 0 saturated carbocycles. The van der Waals surface area contributed by atoms with Crippen molar-refractivity contribution in [2.75, 3.05) is 0 Å². The van der Waals surface area contributed by atoms with Crippen molar-refractivity contribution in [3.05, 3.63) is 152 Å². The Balaban J connectivity index is 1.74. The first-order chi connectivity index (χ1) is 25.6. The molecule has 1 aliphatic heterocycles. The molecule has 0 aromatic heterocycles. The summed E-state index contributed by atoms with van der Waals surface area (Å²) >= 11 is 0. The molecule has 12 nitrogen and oxygen atoms in total. The van der Waals surface area contributed by atoms with Crippen molar-refractivity contribution in [2.45, 2.75) is 0 Å². The van der Waals surface area contributed by atoms with E-state index in [1.54, 1.807) is 0 Å². The van der Waals surface area contributed by atoms with E-state index in [2.05, 4.69) is 27.1 Å². The third-order valence-electron chi connectivity index (χ3n) is 6.15. The average Bonchev–Trinajstić information content (AvgIpc) is 3.08. The maximum absolute atomic E-state index is 17.5. The van der Waals surface area contributed by atoms with Crippen LogP contribution in [0, 0.1) is 0 Å². The third-order valence-corrected chi connectivity index (χ3v) is 19.0. The van der Waals surface area contributed by atoms with Crippen LogP contribution < -0.4 is 22.6 Å². The van der Waals surface area contributed by atoms with Gasteiger partial charge in [-0.25, -0.2) is 0 Å². The Morgan fingerprint density at radius 2 is 0.481 bits per heavy atom. The Labute approximate surface area is 306 Å². The van der Waals surface area contributed by atoms with Gasteiger partial charge in [-0.1, -0.05) is 91.0 Å². The second-order valence-corrected chi connectivity index (χ2v) is 21.3. The minimum atomic E-state index is -6.32. The maximum atomic E-state index is 17.5. The molecule has 1 heterocycles. The molecule has 6 unspecified atom stereocenters. The van der Waals surface area contributed by atoms with Gasteiger partial charge in [0.2, 0.25) is 0 Å². The average molecular weight is 866 g/mol. The van der Waals surface area contributed by atoms with E-state index in [4.69, 9.17) is 22.6 Å². The van der Waals surface area contributed by atoms with E-state index in [-0.39, 0.29) is 0 Å². The molecule has 0 saturated heterocycles. The minimum absolute atomic E-state index is 0.410. The van der Waals surface area contributed by atoms with Gasteiger partial charge < -0.3 is 27.5 Å². The second kappa shape index (κ2) is 16.4. The number of halogens is 6. The highest BCUT2D eigenvalue weighted by atomic mass is 31.3. The standard InChI is InChI=1S/C30H26F6N6O6P6/c31-49(43)37-50(32,44-26-16-6-1-7-17-26)39-52(34,46-28-20-10-3-11-21-28)41-54(36,48-30-24-14-5-15-25-30)42-53(35,47-29-22-12-4-13-23-29)40-51(33,38-49)45-27-18-8-2-9-19-27/h1-25,43H. The molecular formula is C30H26F6N6O6P6. The van der Waals surface area contributed by atoms with E-state index < -0.39 is 75.2 Å². The van der Waals surface area contributed by atoms with Gasteiger partial charge >= 0.3 is 46.5 Å². The number of para-hydroxylation sites is 5. The van der Waals surface area contributed by atoms with Crippen molar-refractivity contribution < 1.29 is 52.7 Å². The lowest BCUT2D eigenvalue weighted by molar-refractivity contribution is 0.521. The summed E-state index contributed by atoms with van der Waals surface area (Å²) in [7, 11) is -36.5. The van der Waals surface area contributed by atoms with Gasteiger partial charge in [0.05, 0.1) is 0 Å². The van der Waals surface area contributed by atoms with E-state index in [9.17, 15) is 4.89 Å². The largest absolute Gasteiger partial charge is 0.443 e. The van der Waals surface area contributed by atoms with Gasteiger partial charge in [0.1, 0.15) is 28.7 Å². The molecule has 0 spiro atoms. The van der Waals surface area contributed by atoms with Crippen LogP contribution in [-0.4, -0.2) is 4.89 Å². The lowest BCUT2D eigenvalue weighted by Gasteiger charge is -2.22. The molecule has 1 N–H and O–H groups in total. The van der Waals surface area contributed by atoms with E-state index >= 15 is 25.2 Å². The lowest BCUT2D eigenvalue weighted by Crippen LogP contribution is -1.95. The predicted octanol–water partition coefficient (Wildman–Crippen LogP) is 15.9. The first-order valence-corrected chi connectivity index (χ1v) is 24.2. The highest BCUT2D eigenvalue weighted by Gasteiger charge is 2.44. The summed E-state index contributed by atoms with van der Waals surface area (Å²) in [5.41, 5.74) is 0. The van der Waals surface area contributed by atoms with Gasteiger partial charge in [-0.15, -0.1) is 48.1 Å². The molecule has 1 aliphatic rings. The Kier molecular flexibility index (Phi) is 12.1. The van der Waals surface area contributed by atoms with Crippen LogP contribution in [0.5, 0.6) is 28.7 Å². The Bertz CT molecular complexity index is 2350. The number of hydrogen-bond donors (Lipinski definition) is 1. The predicted molar refractivity (Wildman–Crippen MR) is 200 cm³/mol. The van der Waals surface area contributed by atoms with E-state index in [0.29, 0.717) is 0 Å². The SMILES string of the molecule is OP1(F)=NP(F)(Oc2ccccc2)=NP(F)(Oc2ccccc2)=NP(F)(Oc2ccccc2)=NP(F)(Oc2ccccc2)=NP(F)(Oc2ccccc2)=N1. The molecule has 5 aromatic rings. The molecule has 0 radical (unpaired) electrons. The Morgan fingerprint density at radius 3 is 0.704 bits per heavy atom. The quantitative estimate of drug-likeness (QED) is 0.109. The molecule has 5 aromatic carbocycles. The first-order valence-electron chi connectivity index (χ1n) is 15.1. The topological polar surface area (TPSA) is 141 Å². The Morgan fingerprint density at radius 1 is 0.296 bits per heavy atom. The van der Waals surface area contributed by atoms with E-state index in [1.807, 2.05) is 0 Å². The zero-order chi connectivity index (χ0) is 38.3. The van der Waals surface area contributed by atoms with Crippen LogP contribution >= 0.6 is 46.5 Å². The fourth-order valence-corrected chi connectivity index (χ4v) is 17.0. The smallest absolute Gasteiger partial charge is 0.419 e. The number of hydrogen-bond acceptors (Lipinski definition) is 11. The van der Waals surface area contributed by atoms with E-state index in [1.165, 1.54) is 91.0 Å². The Hall–Kier alpha value is -3.98. The molecule has 24 heteroatoms. The summed E-state index contributed by atoms with van der Waals surface area (Å²) in [6.45, 7) is 0. The summed E-state index contributed by atoms with van der Waals surface area (Å²) < 4.78 is 148. The van der Waals surface area contributed by atoms with Crippen LogP contribution in [-0.2, 0) is 0 Å². The van der Waals surface area contributed by atoms with Gasteiger partial charge in [0.25, 0.3) is 0 Å². The van der Waals surface area contributed by atoms with Gasteiger partial charge in [0, 0.05) is 0 Å². The van der Waals surface area contributed by atoms with Crippen molar-refractivity contribution >= 4 is 46.5 Å². The molecular weight excluding hydrogens is 840 g/mol. The first kappa shape index (κ1) is 39.7. The highest BCUT2D eigenvalue weighted by Crippen LogP contribution is 2.81. The maximum Gasteiger partial charge on any atom is 0.443 e. The van der Waals surface area contributed by atoms with Gasteiger partial charge in [-0.2, -0.15) is 4.20 Å². The summed E-state index contributed by atoms with van der Waals surface area (Å²) in [6, 6.07) is 32.5. The molecule has 284 valence electrons. The van der Waals surface area contributed by atoms with Crippen molar-refractivity contribution in [1.29, 1.82) is 0 Å². The highest BCUT2D eigenvalue weighted by molar-refractivity contribution is 7.78. The normalized spacial score (nSPS) is 29.6. The summed E-state index contributed by atoms with van der Waals surface area (Å²) in [4.78, 5) is 10.9. The van der Waals surface area contributed by atoms with Crippen molar-refractivity contribution in [1.82, 2.24) is 0 Å². The fraction of sp³-hybridized carbons (Fsp3) is 0. The van der Waals surface area contributed by atoms with Gasteiger partial charge in [0.15, 0.2) is 0 Å². The number of rotatable bonds is 10. The molecule has 6 rings (SSSR count). The van der Waals surface area contributed by atoms with Gasteiger partial charge in [-0.05, 0) is 60.7 Å². The lowest BCUT2D eigenvalue weighted by atomic mass is 10.3. The second-order valence-electron chi connectivity index (χ2n) is 10.4. The molecule has 0 bridgehead atoms. The van der Waals surface area contributed by atoms with E-state index in [0.717, 1.165) is 60.7 Å². The van der Waals surface area contributed by atoms with Crippen LogP contribution in [0.3, 0.4) is 0 Å². The third kappa shape index (κ3) is 11.3. The monoisotopic (exact) mass is 866 g/mol. The van der Waals surface area contributed by atoms with Crippen LogP contribution in [0.1, 0.15) is 0 Å². The van der Waals surface area contributed by atoms with Crippen molar-refractivity contribution in [3.63, 3.8) is 0 Å². The van der Waals surface area contributed by atoms with Gasteiger partial charge in [-0.3, -0.25) is 0 Å².